The number of morpholine rings is 1. The molecule has 1 fully saturated rings. The second-order valence-electron chi connectivity index (χ2n) is 5.12. The summed E-state index contributed by atoms with van der Waals surface area (Å²) in [7, 11) is 1.62. The number of aromatic nitrogens is 3. The average molecular weight is 301 g/mol. The molecule has 1 saturated heterocycles. The van der Waals surface area contributed by atoms with Crippen molar-refractivity contribution in [3.8, 4) is 17.1 Å². The van der Waals surface area contributed by atoms with Gasteiger partial charge in [0.2, 0.25) is 5.88 Å². The van der Waals surface area contributed by atoms with Crippen molar-refractivity contribution in [3.63, 3.8) is 0 Å². The van der Waals surface area contributed by atoms with Crippen molar-refractivity contribution in [2.45, 2.75) is 6.92 Å². The lowest BCUT2D eigenvalue weighted by atomic mass is 10.1. The van der Waals surface area contributed by atoms with Crippen LogP contribution in [0.15, 0.2) is 18.3 Å². The lowest BCUT2D eigenvalue weighted by molar-refractivity contribution is 0.122. The van der Waals surface area contributed by atoms with Gasteiger partial charge in [0.1, 0.15) is 5.69 Å². The van der Waals surface area contributed by atoms with E-state index in [0.717, 1.165) is 30.0 Å². The van der Waals surface area contributed by atoms with Crippen LogP contribution in [0.25, 0.3) is 11.3 Å². The summed E-state index contributed by atoms with van der Waals surface area (Å²) in [6, 6.07) is 3.82. The van der Waals surface area contributed by atoms with E-state index in [1.165, 1.54) is 0 Å². The molecular formula is C15H19N5O2. The van der Waals surface area contributed by atoms with Gasteiger partial charge in [-0.3, -0.25) is 0 Å². The maximum Gasteiger partial charge on any atom is 0.237 e. The summed E-state index contributed by atoms with van der Waals surface area (Å²) in [6.07, 6.45) is 1.72. The molecule has 0 spiro atoms. The third-order valence-corrected chi connectivity index (χ3v) is 3.69. The molecule has 7 heteroatoms. The van der Waals surface area contributed by atoms with E-state index in [1.54, 1.807) is 13.3 Å². The quantitative estimate of drug-likeness (QED) is 0.913. The molecule has 2 aromatic rings. The summed E-state index contributed by atoms with van der Waals surface area (Å²) in [4.78, 5) is 6.59. The molecule has 0 aromatic carbocycles. The maximum atomic E-state index is 5.92. The molecular weight excluding hydrogens is 282 g/mol. The number of aryl methyl sites for hydroxylation is 1. The molecule has 7 nitrogen and oxygen atoms in total. The molecule has 2 N–H and O–H groups in total. The highest BCUT2D eigenvalue weighted by Crippen LogP contribution is 2.31. The largest absolute Gasteiger partial charge is 0.480 e. The van der Waals surface area contributed by atoms with Crippen molar-refractivity contribution < 1.29 is 9.47 Å². The van der Waals surface area contributed by atoms with Crippen LogP contribution in [0.4, 0.5) is 11.4 Å². The van der Waals surface area contributed by atoms with Gasteiger partial charge in [-0.15, -0.1) is 0 Å². The number of nitrogens with zero attached hydrogens (tertiary/aromatic N) is 4. The first-order valence-electron chi connectivity index (χ1n) is 7.16. The summed E-state index contributed by atoms with van der Waals surface area (Å²) in [6.45, 7) is 4.85. The molecule has 116 valence electrons. The molecule has 1 aliphatic rings. The Labute approximate surface area is 129 Å². The fourth-order valence-electron chi connectivity index (χ4n) is 2.38. The molecule has 0 saturated carbocycles. The van der Waals surface area contributed by atoms with E-state index in [4.69, 9.17) is 15.2 Å². The van der Waals surface area contributed by atoms with Crippen LogP contribution in [0.5, 0.6) is 5.88 Å². The second-order valence-corrected chi connectivity index (χ2v) is 5.12. The highest BCUT2D eigenvalue weighted by atomic mass is 16.5. The van der Waals surface area contributed by atoms with Crippen LogP contribution in [0.1, 0.15) is 5.69 Å². The third kappa shape index (κ3) is 2.80. The van der Waals surface area contributed by atoms with Gasteiger partial charge in [-0.2, -0.15) is 10.2 Å². The molecule has 1 aliphatic heterocycles. The lowest BCUT2D eigenvalue weighted by Crippen LogP contribution is -2.36. The van der Waals surface area contributed by atoms with Crippen LogP contribution in [0.2, 0.25) is 0 Å². The molecule has 22 heavy (non-hydrogen) atoms. The fourth-order valence-corrected chi connectivity index (χ4v) is 2.38. The van der Waals surface area contributed by atoms with E-state index >= 15 is 0 Å². The molecule has 0 amide bonds. The van der Waals surface area contributed by atoms with Crippen molar-refractivity contribution in [3.05, 3.63) is 24.0 Å². The SMILES string of the molecule is COc1ncc(-c2cc(N)c(C)nn2)cc1N1CCOCC1. The zero-order chi connectivity index (χ0) is 15.5. The second kappa shape index (κ2) is 6.15. The van der Waals surface area contributed by atoms with Gasteiger partial charge in [0.25, 0.3) is 0 Å². The number of nitrogen functional groups attached to an aromatic ring is 1. The van der Waals surface area contributed by atoms with Gasteiger partial charge in [0, 0.05) is 24.8 Å². The summed E-state index contributed by atoms with van der Waals surface area (Å²) < 4.78 is 10.8. The van der Waals surface area contributed by atoms with Gasteiger partial charge >= 0.3 is 0 Å². The maximum absolute atomic E-state index is 5.92. The summed E-state index contributed by atoms with van der Waals surface area (Å²) in [5.41, 5.74) is 9.76. The summed E-state index contributed by atoms with van der Waals surface area (Å²) in [5.74, 6) is 0.596. The number of nitrogens with two attached hydrogens (primary N) is 1. The zero-order valence-corrected chi connectivity index (χ0v) is 12.7. The van der Waals surface area contributed by atoms with Crippen molar-refractivity contribution in [1.29, 1.82) is 0 Å². The number of anilines is 2. The average Bonchev–Trinajstić information content (AvgIpc) is 2.57. The summed E-state index contributed by atoms with van der Waals surface area (Å²) in [5, 5.41) is 8.27. The zero-order valence-electron chi connectivity index (χ0n) is 12.7. The molecule has 0 bridgehead atoms. The first kappa shape index (κ1) is 14.5. The minimum absolute atomic E-state index is 0.596. The topological polar surface area (TPSA) is 86.4 Å². The van der Waals surface area contributed by atoms with Crippen LogP contribution < -0.4 is 15.4 Å². The first-order chi connectivity index (χ1) is 10.7. The normalized spacial score (nSPS) is 14.9. The Morgan fingerprint density at radius 1 is 1.23 bits per heavy atom. The molecule has 0 unspecified atom stereocenters. The highest BCUT2D eigenvalue weighted by molar-refractivity contribution is 5.69. The van der Waals surface area contributed by atoms with Crippen molar-refractivity contribution in [1.82, 2.24) is 15.2 Å². The number of rotatable bonds is 3. The highest BCUT2D eigenvalue weighted by Gasteiger charge is 2.18. The van der Waals surface area contributed by atoms with Crippen LogP contribution in [-0.4, -0.2) is 48.6 Å². The Morgan fingerprint density at radius 2 is 2.00 bits per heavy atom. The molecule has 0 aliphatic carbocycles. The molecule has 0 atom stereocenters. The minimum Gasteiger partial charge on any atom is -0.480 e. The third-order valence-electron chi connectivity index (χ3n) is 3.69. The van der Waals surface area contributed by atoms with Crippen LogP contribution in [0, 0.1) is 6.92 Å². The Morgan fingerprint density at radius 3 is 2.68 bits per heavy atom. The van der Waals surface area contributed by atoms with Crippen molar-refractivity contribution in [2.75, 3.05) is 44.0 Å². The Hall–Kier alpha value is -2.41. The van der Waals surface area contributed by atoms with Gasteiger partial charge in [0.15, 0.2) is 0 Å². The molecule has 3 heterocycles. The van der Waals surface area contributed by atoms with Gasteiger partial charge in [-0.25, -0.2) is 4.98 Å². The van der Waals surface area contributed by atoms with Gasteiger partial charge < -0.3 is 20.1 Å². The first-order valence-corrected chi connectivity index (χ1v) is 7.16. The van der Waals surface area contributed by atoms with E-state index in [9.17, 15) is 0 Å². The standard InChI is InChI=1S/C15H19N5O2/c1-10-12(16)8-13(19-18-10)11-7-14(15(21-2)17-9-11)20-3-5-22-6-4-20/h7-9H,3-6H2,1-2H3,(H2,16,19). The van der Waals surface area contributed by atoms with Crippen molar-refractivity contribution in [2.24, 2.45) is 0 Å². The predicted molar refractivity (Wildman–Crippen MR) is 84.0 cm³/mol. The van der Waals surface area contributed by atoms with Gasteiger partial charge in [0.05, 0.1) is 37.4 Å². The van der Waals surface area contributed by atoms with E-state index in [2.05, 4.69) is 20.1 Å². The number of ether oxygens (including phenoxy) is 2. The molecule has 2 aromatic heterocycles. The number of hydrogen-bond acceptors (Lipinski definition) is 7. The number of pyridine rings is 1. The van der Waals surface area contributed by atoms with E-state index in [1.807, 2.05) is 19.1 Å². The van der Waals surface area contributed by atoms with E-state index < -0.39 is 0 Å². The Bertz CT molecular complexity index is 671. The van der Waals surface area contributed by atoms with E-state index in [0.29, 0.717) is 30.5 Å². The van der Waals surface area contributed by atoms with Crippen LogP contribution in [-0.2, 0) is 4.74 Å². The summed E-state index contributed by atoms with van der Waals surface area (Å²) >= 11 is 0. The monoisotopic (exact) mass is 301 g/mol. The number of hydrogen-bond donors (Lipinski definition) is 1. The lowest BCUT2D eigenvalue weighted by Gasteiger charge is -2.29. The van der Waals surface area contributed by atoms with Crippen LogP contribution in [0.3, 0.4) is 0 Å². The minimum atomic E-state index is 0.596. The van der Waals surface area contributed by atoms with Gasteiger partial charge in [-0.05, 0) is 19.1 Å². The van der Waals surface area contributed by atoms with Crippen LogP contribution >= 0.6 is 0 Å². The van der Waals surface area contributed by atoms with Gasteiger partial charge in [-0.1, -0.05) is 0 Å². The molecule has 0 radical (unpaired) electrons. The Kier molecular flexibility index (Phi) is 4.06. The van der Waals surface area contributed by atoms with Crippen molar-refractivity contribution >= 4 is 11.4 Å². The smallest absolute Gasteiger partial charge is 0.237 e. The predicted octanol–water partition coefficient (Wildman–Crippen LogP) is 1.27. The fraction of sp³-hybridized carbons (Fsp3) is 0.400. The molecule has 3 rings (SSSR count). The van der Waals surface area contributed by atoms with E-state index in [-0.39, 0.29) is 0 Å². The Balaban J connectivity index is 2.00. The number of methoxy groups -OCH3 is 1.